The van der Waals surface area contributed by atoms with Crippen LogP contribution in [0, 0.1) is 17.6 Å². The SMILES string of the molecule is COCCn1cccc(N2C(=O)C(CNC(=O)NC3CCc4cc(OC)ccc4C3)[C@H](c3c(F)cc(OC)cc3F)[C@@H]2C)c1=O. The molecule has 4 atom stereocenters. The molecule has 1 saturated heterocycles. The Hall–Kier alpha value is -4.45. The van der Waals surface area contributed by atoms with E-state index in [1.54, 1.807) is 26.3 Å². The highest BCUT2D eigenvalue weighted by Gasteiger charge is 2.50. The van der Waals surface area contributed by atoms with Crippen molar-refractivity contribution in [1.29, 1.82) is 0 Å². The second kappa shape index (κ2) is 13.7. The Morgan fingerprint density at radius 3 is 2.42 bits per heavy atom. The number of aryl methyl sites for hydroxylation is 1. The molecule has 2 aromatic carbocycles. The minimum absolute atomic E-state index is 0.00627. The van der Waals surface area contributed by atoms with Crippen molar-refractivity contribution in [2.45, 2.75) is 50.7 Å². The van der Waals surface area contributed by atoms with Crippen LogP contribution in [0.3, 0.4) is 0 Å². The Kier molecular flexibility index (Phi) is 9.71. The number of fused-ring (bicyclic) bond motifs is 1. The van der Waals surface area contributed by atoms with Crippen LogP contribution in [0.2, 0.25) is 0 Å². The van der Waals surface area contributed by atoms with Gasteiger partial charge < -0.3 is 34.3 Å². The van der Waals surface area contributed by atoms with E-state index in [1.165, 1.54) is 35.3 Å². The van der Waals surface area contributed by atoms with Gasteiger partial charge in [0.25, 0.3) is 5.56 Å². The number of benzene rings is 2. The molecule has 1 fully saturated rings. The molecule has 0 saturated carbocycles. The number of halogens is 2. The maximum absolute atomic E-state index is 15.5. The van der Waals surface area contributed by atoms with Gasteiger partial charge in [0, 0.05) is 62.1 Å². The van der Waals surface area contributed by atoms with Crippen molar-refractivity contribution in [1.82, 2.24) is 15.2 Å². The fraction of sp³-hybridized carbons (Fsp3) is 0.424. The highest BCUT2D eigenvalue weighted by atomic mass is 19.1. The minimum Gasteiger partial charge on any atom is -0.497 e. The molecule has 0 spiro atoms. The quantitative estimate of drug-likeness (QED) is 0.355. The van der Waals surface area contributed by atoms with Crippen LogP contribution in [0.5, 0.6) is 11.5 Å². The number of carbonyl (C=O) groups is 2. The topological polar surface area (TPSA) is 111 Å². The standard InChI is InChI=1S/C33H38F2N4O6/c1-19-29(30-26(34)16-24(45-4)17-27(30)35)25(31(40)39(19)28-6-5-11-38(32(28)41)12-13-43-2)18-36-33(42)37-22-9-7-21-15-23(44-3)10-8-20(21)14-22/h5-6,8,10-11,15-17,19,22,25,29H,7,9,12-14,18H2,1-4H3,(H2,36,37,42)/t19-,22?,25?,29+/m0/s1. The summed E-state index contributed by atoms with van der Waals surface area (Å²) >= 11 is 0. The third kappa shape index (κ3) is 6.51. The molecule has 1 aliphatic heterocycles. The zero-order chi connectivity index (χ0) is 32.2. The molecule has 2 N–H and O–H groups in total. The van der Waals surface area contributed by atoms with Crippen LogP contribution in [0.4, 0.5) is 19.3 Å². The molecule has 2 unspecified atom stereocenters. The molecule has 12 heteroatoms. The molecule has 1 aromatic heterocycles. The zero-order valence-electron chi connectivity index (χ0n) is 25.8. The van der Waals surface area contributed by atoms with Crippen LogP contribution in [0.25, 0.3) is 0 Å². The Balaban J connectivity index is 1.39. The molecular weight excluding hydrogens is 586 g/mol. The van der Waals surface area contributed by atoms with Crippen LogP contribution < -0.4 is 30.6 Å². The van der Waals surface area contributed by atoms with Gasteiger partial charge in [-0.3, -0.25) is 9.59 Å². The first-order valence-electron chi connectivity index (χ1n) is 14.9. The van der Waals surface area contributed by atoms with E-state index < -0.39 is 47.0 Å². The summed E-state index contributed by atoms with van der Waals surface area (Å²) < 4.78 is 47.8. The number of hydrogen-bond donors (Lipinski definition) is 2. The lowest BCUT2D eigenvalue weighted by molar-refractivity contribution is -0.120. The van der Waals surface area contributed by atoms with Gasteiger partial charge in [0.15, 0.2) is 0 Å². The van der Waals surface area contributed by atoms with Gasteiger partial charge in [0.2, 0.25) is 5.91 Å². The molecule has 3 aromatic rings. The summed E-state index contributed by atoms with van der Waals surface area (Å²) in [7, 11) is 4.44. The second-order valence-corrected chi connectivity index (χ2v) is 11.4. The van der Waals surface area contributed by atoms with Gasteiger partial charge >= 0.3 is 6.03 Å². The summed E-state index contributed by atoms with van der Waals surface area (Å²) in [5.41, 5.74) is 1.63. The molecule has 0 bridgehead atoms. The maximum atomic E-state index is 15.5. The number of amides is 3. The van der Waals surface area contributed by atoms with E-state index in [4.69, 9.17) is 14.2 Å². The molecule has 2 aliphatic rings. The number of carbonyl (C=O) groups excluding carboxylic acids is 2. The monoisotopic (exact) mass is 624 g/mol. The van der Waals surface area contributed by atoms with Crippen molar-refractivity contribution in [3.05, 3.63) is 87.3 Å². The largest absolute Gasteiger partial charge is 0.497 e. The van der Waals surface area contributed by atoms with Gasteiger partial charge in [-0.25, -0.2) is 13.6 Å². The fourth-order valence-corrected chi connectivity index (χ4v) is 6.52. The molecular formula is C33H38F2N4O6. The van der Waals surface area contributed by atoms with Crippen LogP contribution in [0.1, 0.15) is 36.0 Å². The average Bonchev–Trinajstić information content (AvgIpc) is 3.27. The Bertz CT molecular complexity index is 1610. The maximum Gasteiger partial charge on any atom is 0.315 e. The predicted molar refractivity (Wildman–Crippen MR) is 164 cm³/mol. The number of rotatable bonds is 10. The lowest BCUT2D eigenvalue weighted by Crippen LogP contribution is -2.47. The molecule has 45 heavy (non-hydrogen) atoms. The third-order valence-corrected chi connectivity index (χ3v) is 8.79. The summed E-state index contributed by atoms with van der Waals surface area (Å²) in [4.78, 5) is 41.8. The zero-order valence-corrected chi connectivity index (χ0v) is 25.8. The van der Waals surface area contributed by atoms with E-state index in [2.05, 4.69) is 10.6 Å². The summed E-state index contributed by atoms with van der Waals surface area (Å²) in [6.07, 6.45) is 3.70. The average molecular weight is 625 g/mol. The first kappa shape index (κ1) is 32.0. The number of nitrogens with zero attached hydrogens (tertiary/aromatic N) is 2. The lowest BCUT2D eigenvalue weighted by Gasteiger charge is -2.27. The molecule has 240 valence electrons. The number of nitrogens with one attached hydrogen (secondary N) is 2. The first-order chi connectivity index (χ1) is 21.7. The number of methoxy groups -OCH3 is 3. The minimum atomic E-state index is -1.06. The summed E-state index contributed by atoms with van der Waals surface area (Å²) in [5, 5.41) is 5.74. The van der Waals surface area contributed by atoms with E-state index in [0.29, 0.717) is 6.42 Å². The van der Waals surface area contributed by atoms with Gasteiger partial charge in [-0.1, -0.05) is 6.07 Å². The number of pyridine rings is 1. The van der Waals surface area contributed by atoms with E-state index in [9.17, 15) is 14.4 Å². The predicted octanol–water partition coefficient (Wildman–Crippen LogP) is 3.78. The number of anilines is 1. The van der Waals surface area contributed by atoms with E-state index in [1.807, 2.05) is 18.2 Å². The van der Waals surface area contributed by atoms with E-state index in [-0.39, 0.29) is 42.7 Å². The van der Waals surface area contributed by atoms with E-state index >= 15 is 8.78 Å². The fourth-order valence-electron chi connectivity index (χ4n) is 6.52. The lowest BCUT2D eigenvalue weighted by atomic mass is 9.83. The highest BCUT2D eigenvalue weighted by Crippen LogP contribution is 2.43. The van der Waals surface area contributed by atoms with Crippen molar-refractivity contribution in [3.63, 3.8) is 0 Å². The normalized spacial score (nSPS) is 20.9. The molecule has 1 aliphatic carbocycles. The first-order valence-corrected chi connectivity index (χ1v) is 14.9. The van der Waals surface area contributed by atoms with Gasteiger partial charge in [-0.2, -0.15) is 0 Å². The van der Waals surface area contributed by atoms with Gasteiger partial charge in [0.05, 0.1) is 26.7 Å². The second-order valence-electron chi connectivity index (χ2n) is 11.4. The summed E-state index contributed by atoms with van der Waals surface area (Å²) in [5.74, 6) is -3.59. The number of urea groups is 1. The van der Waals surface area contributed by atoms with Gasteiger partial charge in [-0.15, -0.1) is 0 Å². The van der Waals surface area contributed by atoms with Crippen molar-refractivity contribution >= 4 is 17.6 Å². The molecule has 10 nitrogen and oxygen atoms in total. The molecule has 2 heterocycles. The van der Waals surface area contributed by atoms with Crippen molar-refractivity contribution in [3.8, 4) is 11.5 Å². The summed E-state index contributed by atoms with van der Waals surface area (Å²) in [6.45, 7) is 1.98. The highest BCUT2D eigenvalue weighted by molar-refractivity contribution is 5.99. The van der Waals surface area contributed by atoms with E-state index in [0.717, 1.165) is 36.3 Å². The Labute approximate surface area is 260 Å². The van der Waals surface area contributed by atoms with Crippen LogP contribution in [0.15, 0.2) is 53.5 Å². The third-order valence-electron chi connectivity index (χ3n) is 8.79. The van der Waals surface area contributed by atoms with Crippen LogP contribution in [-0.2, 0) is 28.9 Å². The van der Waals surface area contributed by atoms with Gasteiger partial charge in [-0.05, 0) is 61.6 Å². The molecule has 5 rings (SSSR count). The van der Waals surface area contributed by atoms with Crippen molar-refractivity contribution < 1.29 is 32.6 Å². The smallest absolute Gasteiger partial charge is 0.315 e. The van der Waals surface area contributed by atoms with Gasteiger partial charge in [0.1, 0.15) is 28.8 Å². The Morgan fingerprint density at radius 1 is 1.00 bits per heavy atom. The number of aromatic nitrogens is 1. The van der Waals surface area contributed by atoms with Crippen molar-refractivity contribution in [2.24, 2.45) is 5.92 Å². The van der Waals surface area contributed by atoms with Crippen LogP contribution in [-0.4, -0.2) is 63.1 Å². The number of ether oxygens (including phenoxy) is 3. The number of hydrogen-bond acceptors (Lipinski definition) is 6. The van der Waals surface area contributed by atoms with Crippen LogP contribution >= 0.6 is 0 Å². The molecule has 0 radical (unpaired) electrons. The molecule has 3 amide bonds. The summed E-state index contributed by atoms with van der Waals surface area (Å²) in [6, 6.07) is 9.69. The Morgan fingerprint density at radius 2 is 1.73 bits per heavy atom. The van der Waals surface area contributed by atoms with Crippen molar-refractivity contribution in [2.75, 3.05) is 39.4 Å².